The maximum atomic E-state index is 12.3. The number of aliphatic hydroxyl groups is 1. The van der Waals surface area contributed by atoms with Gasteiger partial charge in [-0.15, -0.1) is 0 Å². The van der Waals surface area contributed by atoms with Gasteiger partial charge in [0.1, 0.15) is 5.65 Å². The molecule has 0 spiro atoms. The lowest BCUT2D eigenvalue weighted by molar-refractivity contribution is -0.385. The average molecular weight is 320 g/mol. The first-order valence-electron chi connectivity index (χ1n) is 7.36. The first-order valence-corrected chi connectivity index (χ1v) is 7.36. The van der Waals surface area contributed by atoms with Gasteiger partial charge in [-0.25, -0.2) is 4.98 Å². The van der Waals surface area contributed by atoms with Crippen LogP contribution in [0.25, 0.3) is 5.65 Å². The van der Waals surface area contributed by atoms with Crippen LogP contribution in [0.15, 0.2) is 29.2 Å². The van der Waals surface area contributed by atoms with Gasteiger partial charge >= 0.3 is 11.2 Å². The van der Waals surface area contributed by atoms with Crippen molar-refractivity contribution in [1.82, 2.24) is 9.38 Å². The van der Waals surface area contributed by atoms with Crippen LogP contribution in [0, 0.1) is 15.5 Å². The Morgan fingerprint density at radius 1 is 1.43 bits per heavy atom. The molecule has 0 aromatic carbocycles. The third kappa shape index (κ3) is 3.84. The fraction of sp³-hybridized carbons (Fsp3) is 0.467. The van der Waals surface area contributed by atoms with Crippen LogP contribution >= 0.6 is 0 Å². The van der Waals surface area contributed by atoms with Crippen molar-refractivity contribution in [3.63, 3.8) is 0 Å². The van der Waals surface area contributed by atoms with Gasteiger partial charge in [-0.2, -0.15) is 0 Å². The highest BCUT2D eigenvalue weighted by Gasteiger charge is 2.25. The van der Waals surface area contributed by atoms with Gasteiger partial charge in [0.25, 0.3) is 0 Å². The first-order chi connectivity index (χ1) is 10.9. The van der Waals surface area contributed by atoms with E-state index in [1.54, 1.807) is 18.2 Å². The SMILES string of the molecule is CC(C)(CCCO)CNc1nc2ccccn2c(=O)c1[N+](=O)[O-]. The molecule has 2 heterocycles. The van der Waals surface area contributed by atoms with Gasteiger partial charge in [0.15, 0.2) is 0 Å². The standard InChI is InChI=1S/C15H20N4O4/c1-15(2,7-5-9-20)10-16-13-12(19(22)23)14(21)18-8-4-3-6-11(18)17-13/h3-4,6,8,16,20H,5,7,9-10H2,1-2H3. The molecule has 2 rings (SSSR count). The van der Waals surface area contributed by atoms with Crippen molar-refractivity contribution in [3.8, 4) is 0 Å². The topological polar surface area (TPSA) is 110 Å². The summed E-state index contributed by atoms with van der Waals surface area (Å²) in [5, 5.41) is 23.1. The Morgan fingerprint density at radius 3 is 2.83 bits per heavy atom. The molecule has 8 nitrogen and oxygen atoms in total. The number of nitrogens with zero attached hydrogens (tertiary/aromatic N) is 3. The molecule has 2 aromatic rings. The van der Waals surface area contributed by atoms with E-state index < -0.39 is 16.2 Å². The van der Waals surface area contributed by atoms with Gasteiger partial charge < -0.3 is 10.4 Å². The molecule has 0 amide bonds. The summed E-state index contributed by atoms with van der Waals surface area (Å²) in [5.74, 6) is -0.0247. The predicted octanol–water partition coefficient (Wildman–Crippen LogP) is 1.81. The van der Waals surface area contributed by atoms with Crippen molar-refractivity contribution in [1.29, 1.82) is 0 Å². The normalized spacial score (nSPS) is 11.6. The highest BCUT2D eigenvalue weighted by Crippen LogP contribution is 2.25. The molecule has 0 aliphatic carbocycles. The number of aromatic nitrogens is 2. The molecule has 0 fully saturated rings. The largest absolute Gasteiger partial charge is 0.396 e. The summed E-state index contributed by atoms with van der Waals surface area (Å²) >= 11 is 0. The maximum absolute atomic E-state index is 12.3. The van der Waals surface area contributed by atoms with Gasteiger partial charge in [0, 0.05) is 19.3 Å². The highest BCUT2D eigenvalue weighted by atomic mass is 16.6. The van der Waals surface area contributed by atoms with Gasteiger partial charge in [0.2, 0.25) is 5.82 Å². The highest BCUT2D eigenvalue weighted by molar-refractivity contribution is 5.59. The molecule has 2 aromatic heterocycles. The van der Waals surface area contributed by atoms with E-state index in [-0.39, 0.29) is 17.8 Å². The number of nitrogens with one attached hydrogen (secondary N) is 1. The van der Waals surface area contributed by atoms with Crippen LogP contribution < -0.4 is 10.9 Å². The molecule has 124 valence electrons. The van der Waals surface area contributed by atoms with Crippen molar-refractivity contribution < 1.29 is 10.0 Å². The number of rotatable bonds is 7. The van der Waals surface area contributed by atoms with Gasteiger partial charge in [-0.1, -0.05) is 19.9 Å². The lowest BCUT2D eigenvalue weighted by Crippen LogP contribution is -2.27. The van der Waals surface area contributed by atoms with Crippen molar-refractivity contribution in [2.75, 3.05) is 18.5 Å². The number of nitro groups is 1. The van der Waals surface area contributed by atoms with Gasteiger partial charge in [-0.05, 0) is 30.4 Å². The zero-order chi connectivity index (χ0) is 17.0. The lowest BCUT2D eigenvalue weighted by Gasteiger charge is -2.24. The molecule has 8 heteroatoms. The van der Waals surface area contributed by atoms with E-state index >= 15 is 0 Å². The molecule has 0 aliphatic rings. The van der Waals surface area contributed by atoms with E-state index in [0.717, 1.165) is 10.8 Å². The second-order valence-corrected chi connectivity index (χ2v) is 6.15. The Balaban J connectivity index is 2.38. The quantitative estimate of drug-likeness (QED) is 0.595. The van der Waals surface area contributed by atoms with E-state index in [4.69, 9.17) is 5.11 Å². The summed E-state index contributed by atoms with van der Waals surface area (Å²) in [7, 11) is 0. The van der Waals surface area contributed by atoms with E-state index in [2.05, 4.69) is 10.3 Å². The van der Waals surface area contributed by atoms with Gasteiger partial charge in [-0.3, -0.25) is 19.3 Å². The molecule has 0 bridgehead atoms. The monoisotopic (exact) mass is 320 g/mol. The van der Waals surface area contributed by atoms with E-state index in [1.807, 2.05) is 13.8 Å². The Kier molecular flexibility index (Phi) is 4.95. The first kappa shape index (κ1) is 16.9. The minimum absolute atomic E-state index is 0.0247. The van der Waals surface area contributed by atoms with Crippen molar-refractivity contribution in [3.05, 3.63) is 44.9 Å². The molecule has 2 N–H and O–H groups in total. The zero-order valence-electron chi connectivity index (χ0n) is 13.2. The lowest BCUT2D eigenvalue weighted by atomic mass is 9.88. The number of hydrogen-bond donors (Lipinski definition) is 2. The summed E-state index contributed by atoms with van der Waals surface area (Å²) in [6.07, 6.45) is 2.84. The second kappa shape index (κ2) is 6.74. The van der Waals surface area contributed by atoms with E-state index in [0.29, 0.717) is 18.6 Å². The van der Waals surface area contributed by atoms with Crippen LogP contribution in [0.4, 0.5) is 11.5 Å². The van der Waals surface area contributed by atoms with E-state index in [9.17, 15) is 14.9 Å². The van der Waals surface area contributed by atoms with Crippen molar-refractivity contribution in [2.24, 2.45) is 5.41 Å². The third-order valence-electron chi connectivity index (χ3n) is 3.64. The van der Waals surface area contributed by atoms with Crippen LogP contribution in [0.1, 0.15) is 26.7 Å². The molecular formula is C15H20N4O4. The number of aliphatic hydroxyl groups excluding tert-OH is 1. The van der Waals surface area contributed by atoms with Crippen LogP contribution in [0.5, 0.6) is 0 Å². The van der Waals surface area contributed by atoms with Crippen LogP contribution in [0.2, 0.25) is 0 Å². The Labute approximate surface area is 132 Å². The Bertz CT molecular complexity index is 770. The minimum atomic E-state index is -0.712. The fourth-order valence-corrected chi connectivity index (χ4v) is 2.34. The molecule has 0 saturated heterocycles. The maximum Gasteiger partial charge on any atom is 0.376 e. The third-order valence-corrected chi connectivity index (χ3v) is 3.64. The van der Waals surface area contributed by atoms with Crippen LogP contribution in [0.3, 0.4) is 0 Å². The number of anilines is 1. The summed E-state index contributed by atoms with van der Waals surface area (Å²) in [4.78, 5) is 27.0. The van der Waals surface area contributed by atoms with Gasteiger partial charge in [0.05, 0.1) is 4.92 Å². The van der Waals surface area contributed by atoms with E-state index in [1.165, 1.54) is 6.20 Å². The molecule has 0 aliphatic heterocycles. The number of pyridine rings is 1. The Morgan fingerprint density at radius 2 is 2.17 bits per heavy atom. The molecule has 0 saturated carbocycles. The fourth-order valence-electron chi connectivity index (χ4n) is 2.34. The molecule has 0 radical (unpaired) electrons. The van der Waals surface area contributed by atoms with Crippen molar-refractivity contribution >= 4 is 17.2 Å². The molecule has 0 atom stereocenters. The Hall–Kier alpha value is -2.48. The van der Waals surface area contributed by atoms with Crippen LogP contribution in [-0.4, -0.2) is 32.6 Å². The van der Waals surface area contributed by atoms with Crippen molar-refractivity contribution in [2.45, 2.75) is 26.7 Å². The molecule has 23 heavy (non-hydrogen) atoms. The summed E-state index contributed by atoms with van der Waals surface area (Å²) in [6, 6.07) is 4.95. The number of hydrogen-bond acceptors (Lipinski definition) is 6. The average Bonchev–Trinajstić information content (AvgIpc) is 2.51. The number of fused-ring (bicyclic) bond motifs is 1. The molecule has 0 unspecified atom stereocenters. The zero-order valence-corrected chi connectivity index (χ0v) is 13.2. The minimum Gasteiger partial charge on any atom is -0.396 e. The second-order valence-electron chi connectivity index (χ2n) is 6.15. The van der Waals surface area contributed by atoms with Crippen LogP contribution in [-0.2, 0) is 0 Å². The summed E-state index contributed by atoms with van der Waals surface area (Å²) in [5.41, 5.74) is -1.12. The smallest absolute Gasteiger partial charge is 0.376 e. The summed E-state index contributed by atoms with van der Waals surface area (Å²) < 4.78 is 1.15. The summed E-state index contributed by atoms with van der Waals surface area (Å²) in [6.45, 7) is 4.47. The predicted molar refractivity (Wildman–Crippen MR) is 86.7 cm³/mol. The molecular weight excluding hydrogens is 300 g/mol.